The molecule has 1 rings (SSSR count). The van der Waals surface area contributed by atoms with Gasteiger partial charge in [0.15, 0.2) is 0 Å². The first-order chi connectivity index (χ1) is 8.51. The third-order valence-corrected chi connectivity index (χ3v) is 3.80. The molecule has 1 heterocycles. The minimum atomic E-state index is -0.270. The summed E-state index contributed by atoms with van der Waals surface area (Å²) < 4.78 is 5.79. The van der Waals surface area contributed by atoms with Crippen molar-refractivity contribution in [3.63, 3.8) is 0 Å². The van der Waals surface area contributed by atoms with Crippen molar-refractivity contribution in [2.45, 2.75) is 76.7 Å². The van der Waals surface area contributed by atoms with E-state index in [1.165, 1.54) is 0 Å². The third kappa shape index (κ3) is 4.84. The van der Waals surface area contributed by atoms with Gasteiger partial charge in [-0.15, -0.1) is 0 Å². The zero-order chi connectivity index (χ0) is 13.6. The Morgan fingerprint density at radius 2 is 2.22 bits per heavy atom. The molecule has 1 fully saturated rings. The van der Waals surface area contributed by atoms with Gasteiger partial charge in [-0.05, 0) is 39.5 Å². The smallest absolute Gasteiger partial charge is 0.0593 e. The summed E-state index contributed by atoms with van der Waals surface area (Å²) in [5, 5.41) is 13.1. The average molecular weight is 258 g/mol. The molecule has 0 saturated carbocycles. The van der Waals surface area contributed by atoms with Gasteiger partial charge in [-0.2, -0.15) is 0 Å². The Hall–Kier alpha value is -0.160. The van der Waals surface area contributed by atoms with E-state index in [1.54, 1.807) is 0 Å². The average Bonchev–Trinajstić information content (AvgIpc) is 2.28. The lowest BCUT2D eigenvalue weighted by molar-refractivity contribution is -0.0341. The summed E-state index contributed by atoms with van der Waals surface area (Å²) in [7, 11) is 0. The van der Waals surface area contributed by atoms with Gasteiger partial charge in [0.1, 0.15) is 0 Å². The lowest BCUT2D eigenvalue weighted by atomic mass is 9.84. The van der Waals surface area contributed by atoms with Crippen LogP contribution in [0.15, 0.2) is 0 Å². The van der Waals surface area contributed by atoms with Crippen LogP contribution in [0.1, 0.15) is 52.9 Å². The maximum Gasteiger partial charge on any atom is 0.0593 e. The van der Waals surface area contributed by atoms with E-state index in [0.717, 1.165) is 38.7 Å². The van der Waals surface area contributed by atoms with Crippen molar-refractivity contribution >= 4 is 0 Å². The van der Waals surface area contributed by atoms with Crippen molar-refractivity contribution in [2.24, 2.45) is 5.73 Å². The first-order valence-corrected chi connectivity index (χ1v) is 7.28. The maximum atomic E-state index is 9.45. The highest BCUT2D eigenvalue weighted by molar-refractivity contribution is 4.95. The highest BCUT2D eigenvalue weighted by Crippen LogP contribution is 2.27. The first-order valence-electron chi connectivity index (χ1n) is 7.28. The second kappa shape index (κ2) is 7.43. The molecule has 0 amide bonds. The second-order valence-corrected chi connectivity index (χ2v) is 5.85. The Labute approximate surface area is 111 Å². The summed E-state index contributed by atoms with van der Waals surface area (Å²) in [5.74, 6) is 0. The number of aliphatic hydroxyl groups is 1. The second-order valence-electron chi connectivity index (χ2n) is 5.85. The third-order valence-electron chi connectivity index (χ3n) is 3.80. The Balaban J connectivity index is 2.55. The van der Waals surface area contributed by atoms with Gasteiger partial charge in [-0.25, -0.2) is 0 Å². The van der Waals surface area contributed by atoms with Crippen molar-refractivity contribution in [1.82, 2.24) is 5.32 Å². The van der Waals surface area contributed by atoms with Crippen LogP contribution in [0.5, 0.6) is 0 Å². The molecule has 4 N–H and O–H groups in total. The van der Waals surface area contributed by atoms with Crippen LogP contribution in [-0.4, -0.2) is 42.0 Å². The van der Waals surface area contributed by atoms with Crippen molar-refractivity contribution in [3.05, 3.63) is 0 Å². The van der Waals surface area contributed by atoms with E-state index >= 15 is 0 Å². The molecule has 4 heteroatoms. The van der Waals surface area contributed by atoms with Crippen LogP contribution in [0.4, 0.5) is 0 Å². The summed E-state index contributed by atoms with van der Waals surface area (Å²) in [6, 6.07) is 0.286. The van der Waals surface area contributed by atoms with E-state index in [1.807, 2.05) is 6.92 Å². The van der Waals surface area contributed by atoms with Crippen LogP contribution in [-0.2, 0) is 4.74 Å². The maximum absolute atomic E-state index is 9.45. The number of nitrogens with one attached hydrogen (secondary N) is 1. The molecule has 4 nitrogen and oxygen atoms in total. The molecule has 0 aromatic heterocycles. The number of rotatable bonds is 7. The van der Waals surface area contributed by atoms with Gasteiger partial charge in [-0.1, -0.05) is 13.3 Å². The van der Waals surface area contributed by atoms with Crippen LogP contribution in [0.2, 0.25) is 0 Å². The minimum Gasteiger partial charge on any atom is -0.393 e. The number of hydrogen-bond acceptors (Lipinski definition) is 4. The Morgan fingerprint density at radius 3 is 2.78 bits per heavy atom. The van der Waals surface area contributed by atoms with Gasteiger partial charge >= 0.3 is 0 Å². The van der Waals surface area contributed by atoms with Crippen LogP contribution in [0.25, 0.3) is 0 Å². The molecular weight excluding hydrogens is 228 g/mol. The van der Waals surface area contributed by atoms with Gasteiger partial charge in [-0.3, -0.25) is 0 Å². The lowest BCUT2D eigenvalue weighted by Crippen LogP contribution is -2.59. The van der Waals surface area contributed by atoms with Gasteiger partial charge in [0.05, 0.1) is 12.2 Å². The molecule has 0 bridgehead atoms. The largest absolute Gasteiger partial charge is 0.393 e. The van der Waals surface area contributed by atoms with E-state index < -0.39 is 0 Å². The molecule has 0 aromatic carbocycles. The molecule has 4 atom stereocenters. The number of hydrogen-bond donors (Lipinski definition) is 3. The predicted molar refractivity (Wildman–Crippen MR) is 74.6 cm³/mol. The van der Waals surface area contributed by atoms with Crippen molar-refractivity contribution in [2.75, 3.05) is 13.2 Å². The fourth-order valence-electron chi connectivity index (χ4n) is 2.99. The quantitative estimate of drug-likeness (QED) is 0.646. The molecule has 0 spiro atoms. The van der Waals surface area contributed by atoms with Gasteiger partial charge < -0.3 is 20.9 Å². The monoisotopic (exact) mass is 258 g/mol. The molecule has 0 aliphatic carbocycles. The number of aliphatic hydroxyl groups excluding tert-OH is 1. The van der Waals surface area contributed by atoms with Crippen LogP contribution >= 0.6 is 0 Å². The standard InChI is InChI=1S/C14H30N2O2/c1-4-5-13-9-14(10-15,6-7-18-13)16-11(2)8-12(3)17/h11-13,16-17H,4-10,15H2,1-3H3. The summed E-state index contributed by atoms with van der Waals surface area (Å²) in [6.07, 6.45) is 5.03. The van der Waals surface area contributed by atoms with Crippen LogP contribution in [0, 0.1) is 0 Å². The SMILES string of the molecule is CCCC1CC(CN)(NC(C)CC(C)O)CCO1. The van der Waals surface area contributed by atoms with Crippen LogP contribution < -0.4 is 11.1 Å². The molecule has 4 unspecified atom stereocenters. The van der Waals surface area contributed by atoms with Crippen molar-refractivity contribution in [1.29, 1.82) is 0 Å². The molecule has 1 aliphatic heterocycles. The highest BCUT2D eigenvalue weighted by Gasteiger charge is 2.36. The van der Waals surface area contributed by atoms with E-state index in [2.05, 4.69) is 19.2 Å². The van der Waals surface area contributed by atoms with Crippen LogP contribution in [0.3, 0.4) is 0 Å². The van der Waals surface area contributed by atoms with E-state index in [4.69, 9.17) is 10.5 Å². The van der Waals surface area contributed by atoms with E-state index in [0.29, 0.717) is 12.6 Å². The van der Waals surface area contributed by atoms with E-state index in [-0.39, 0.29) is 17.7 Å². The summed E-state index contributed by atoms with van der Waals surface area (Å²) in [4.78, 5) is 0. The minimum absolute atomic E-state index is 0.00755. The summed E-state index contributed by atoms with van der Waals surface area (Å²) in [5.41, 5.74) is 5.99. The van der Waals surface area contributed by atoms with E-state index in [9.17, 15) is 5.11 Å². The fourth-order valence-corrected chi connectivity index (χ4v) is 2.99. The molecule has 0 radical (unpaired) electrons. The first kappa shape index (κ1) is 15.9. The zero-order valence-electron chi connectivity index (χ0n) is 12.1. The molecule has 108 valence electrons. The predicted octanol–water partition coefficient (Wildman–Crippen LogP) is 1.41. The van der Waals surface area contributed by atoms with Crippen molar-refractivity contribution in [3.8, 4) is 0 Å². The lowest BCUT2D eigenvalue weighted by Gasteiger charge is -2.43. The number of ether oxygens (including phenoxy) is 1. The zero-order valence-corrected chi connectivity index (χ0v) is 12.1. The summed E-state index contributed by atoms with van der Waals surface area (Å²) in [6.45, 7) is 7.56. The van der Waals surface area contributed by atoms with Gasteiger partial charge in [0.25, 0.3) is 0 Å². The summed E-state index contributed by atoms with van der Waals surface area (Å²) >= 11 is 0. The molecule has 1 saturated heterocycles. The highest BCUT2D eigenvalue weighted by atomic mass is 16.5. The molecule has 18 heavy (non-hydrogen) atoms. The normalized spacial score (nSPS) is 32.2. The Morgan fingerprint density at radius 1 is 1.50 bits per heavy atom. The van der Waals surface area contributed by atoms with Gasteiger partial charge in [0, 0.05) is 24.7 Å². The fraction of sp³-hybridized carbons (Fsp3) is 1.00. The Bertz CT molecular complexity index is 234. The molecule has 0 aromatic rings. The number of nitrogens with two attached hydrogens (primary N) is 1. The molecule has 1 aliphatic rings. The van der Waals surface area contributed by atoms with Crippen molar-refractivity contribution < 1.29 is 9.84 Å². The topological polar surface area (TPSA) is 67.5 Å². The Kier molecular flexibility index (Phi) is 6.57. The van der Waals surface area contributed by atoms with Gasteiger partial charge in [0.2, 0.25) is 0 Å². The molecular formula is C14H30N2O2.